The summed E-state index contributed by atoms with van der Waals surface area (Å²) in [6, 6.07) is 6.76. The van der Waals surface area contributed by atoms with E-state index in [-0.39, 0.29) is 18.5 Å². The third-order valence-corrected chi connectivity index (χ3v) is 2.79. The molecule has 0 aliphatic carbocycles. The van der Waals surface area contributed by atoms with Crippen LogP contribution >= 0.6 is 0 Å². The van der Waals surface area contributed by atoms with E-state index in [0.29, 0.717) is 25.3 Å². The average Bonchev–Trinajstić information content (AvgIpc) is 2.44. The number of aryl methyl sites for hydroxylation is 1. The lowest BCUT2D eigenvalue weighted by atomic mass is 10.1. The van der Waals surface area contributed by atoms with Crippen LogP contribution in [0.1, 0.15) is 25.8 Å². The second-order valence-corrected chi connectivity index (χ2v) is 4.75. The van der Waals surface area contributed by atoms with Crippen LogP contribution in [0.5, 0.6) is 0 Å². The van der Waals surface area contributed by atoms with Crippen molar-refractivity contribution in [1.29, 1.82) is 0 Å². The van der Waals surface area contributed by atoms with Crippen molar-refractivity contribution in [3.8, 4) is 0 Å². The van der Waals surface area contributed by atoms with Gasteiger partial charge in [-0.15, -0.1) is 0 Å². The Labute approximate surface area is 124 Å². The molecule has 0 aliphatic rings. The first kappa shape index (κ1) is 17.0. The summed E-state index contributed by atoms with van der Waals surface area (Å²) in [5.74, 6) is -0.820. The highest BCUT2D eigenvalue weighted by Crippen LogP contribution is 2.11. The third kappa shape index (κ3) is 7.31. The van der Waals surface area contributed by atoms with E-state index in [1.807, 2.05) is 26.0 Å². The molecule has 0 aliphatic heterocycles. The number of benzene rings is 1. The lowest BCUT2D eigenvalue weighted by Gasteiger charge is -2.14. The third-order valence-electron chi connectivity index (χ3n) is 2.79. The predicted molar refractivity (Wildman–Crippen MR) is 80.5 cm³/mol. The molecule has 1 rings (SSSR count). The molecule has 0 saturated carbocycles. The first-order valence-corrected chi connectivity index (χ1v) is 6.97. The zero-order chi connectivity index (χ0) is 15.7. The van der Waals surface area contributed by atoms with Crippen LogP contribution in [0.25, 0.3) is 0 Å². The smallest absolute Gasteiger partial charge is 0.319 e. The molecule has 0 radical (unpaired) electrons. The number of ether oxygens (including phenoxy) is 1. The lowest BCUT2D eigenvalue weighted by molar-refractivity contribution is -0.136. The molecule has 1 unspecified atom stereocenters. The molecular formula is C15H22N2O4. The van der Waals surface area contributed by atoms with Crippen LogP contribution in [0.3, 0.4) is 0 Å². The number of carbonyl (C=O) groups excluding carboxylic acids is 1. The van der Waals surface area contributed by atoms with E-state index in [1.165, 1.54) is 0 Å². The molecule has 0 heterocycles. The topological polar surface area (TPSA) is 87.7 Å². The zero-order valence-electron chi connectivity index (χ0n) is 12.4. The van der Waals surface area contributed by atoms with Crippen LogP contribution in [0.2, 0.25) is 0 Å². The fourth-order valence-electron chi connectivity index (χ4n) is 1.73. The summed E-state index contributed by atoms with van der Waals surface area (Å²) in [4.78, 5) is 22.2. The Balaban J connectivity index is 2.40. The molecule has 6 nitrogen and oxygen atoms in total. The van der Waals surface area contributed by atoms with E-state index in [2.05, 4.69) is 10.6 Å². The van der Waals surface area contributed by atoms with Crippen molar-refractivity contribution in [2.75, 3.05) is 18.5 Å². The zero-order valence-corrected chi connectivity index (χ0v) is 12.4. The van der Waals surface area contributed by atoms with Crippen molar-refractivity contribution in [2.45, 2.75) is 32.7 Å². The number of carbonyl (C=O) groups is 2. The van der Waals surface area contributed by atoms with E-state index >= 15 is 0 Å². The maximum Gasteiger partial charge on any atom is 0.319 e. The second-order valence-electron chi connectivity index (χ2n) is 4.75. The minimum atomic E-state index is -0.820. The number of hydrogen-bond acceptors (Lipinski definition) is 3. The van der Waals surface area contributed by atoms with Gasteiger partial charge in [-0.05, 0) is 38.0 Å². The molecule has 0 bridgehead atoms. The Hall–Kier alpha value is -2.08. The molecule has 1 aromatic rings. The summed E-state index contributed by atoms with van der Waals surface area (Å²) in [5, 5.41) is 14.1. The van der Waals surface area contributed by atoms with Crippen LogP contribution in [-0.4, -0.2) is 36.4 Å². The lowest BCUT2D eigenvalue weighted by Crippen LogP contribution is -2.38. The van der Waals surface area contributed by atoms with E-state index in [4.69, 9.17) is 9.84 Å². The SMILES string of the molecule is CCOCC(C)NC(=O)Nc1ccc(CCC(=O)O)cc1. The highest BCUT2D eigenvalue weighted by molar-refractivity contribution is 5.89. The van der Waals surface area contributed by atoms with Gasteiger partial charge < -0.3 is 20.5 Å². The Morgan fingerprint density at radius 1 is 1.29 bits per heavy atom. The molecule has 0 spiro atoms. The molecule has 1 atom stereocenters. The van der Waals surface area contributed by atoms with Gasteiger partial charge >= 0.3 is 12.0 Å². The van der Waals surface area contributed by atoms with Gasteiger partial charge in [-0.25, -0.2) is 4.79 Å². The van der Waals surface area contributed by atoms with Crippen molar-refractivity contribution in [3.63, 3.8) is 0 Å². The van der Waals surface area contributed by atoms with Gasteiger partial charge in [0.15, 0.2) is 0 Å². The maximum atomic E-state index is 11.7. The number of carboxylic acids is 1. The summed E-state index contributed by atoms with van der Waals surface area (Å²) >= 11 is 0. The van der Waals surface area contributed by atoms with Gasteiger partial charge in [0.05, 0.1) is 12.6 Å². The summed E-state index contributed by atoms with van der Waals surface area (Å²) < 4.78 is 5.22. The normalized spacial score (nSPS) is 11.7. The minimum Gasteiger partial charge on any atom is -0.481 e. The highest BCUT2D eigenvalue weighted by atomic mass is 16.5. The van der Waals surface area contributed by atoms with Gasteiger partial charge in [-0.2, -0.15) is 0 Å². The molecular weight excluding hydrogens is 272 g/mol. The number of carboxylic acid groups (broad SMARTS) is 1. The van der Waals surface area contributed by atoms with Gasteiger partial charge in [-0.3, -0.25) is 4.79 Å². The molecule has 116 valence electrons. The monoisotopic (exact) mass is 294 g/mol. The van der Waals surface area contributed by atoms with Crippen molar-refractivity contribution < 1.29 is 19.4 Å². The van der Waals surface area contributed by atoms with Crippen molar-refractivity contribution in [3.05, 3.63) is 29.8 Å². The maximum absolute atomic E-state index is 11.7. The molecule has 0 saturated heterocycles. The summed E-state index contributed by atoms with van der Waals surface area (Å²) in [5.41, 5.74) is 1.59. The van der Waals surface area contributed by atoms with Gasteiger partial charge in [0, 0.05) is 18.7 Å². The van der Waals surface area contributed by atoms with E-state index in [1.54, 1.807) is 12.1 Å². The number of rotatable bonds is 8. The molecule has 21 heavy (non-hydrogen) atoms. The number of anilines is 1. The number of nitrogens with one attached hydrogen (secondary N) is 2. The van der Waals surface area contributed by atoms with Gasteiger partial charge in [-0.1, -0.05) is 12.1 Å². The first-order valence-electron chi connectivity index (χ1n) is 6.97. The average molecular weight is 294 g/mol. The number of hydrogen-bond donors (Lipinski definition) is 3. The summed E-state index contributed by atoms with van der Waals surface area (Å²) in [6.45, 7) is 4.85. The van der Waals surface area contributed by atoms with E-state index in [0.717, 1.165) is 5.56 Å². The van der Waals surface area contributed by atoms with Gasteiger partial charge in [0.1, 0.15) is 0 Å². The Kier molecular flexibility index (Phi) is 7.25. The summed E-state index contributed by atoms with van der Waals surface area (Å²) in [7, 11) is 0. The van der Waals surface area contributed by atoms with Crippen molar-refractivity contribution in [2.24, 2.45) is 0 Å². The predicted octanol–water partition coefficient (Wildman–Crippen LogP) is 2.25. The van der Waals surface area contributed by atoms with Crippen molar-refractivity contribution in [1.82, 2.24) is 5.32 Å². The van der Waals surface area contributed by atoms with E-state index < -0.39 is 5.97 Å². The molecule has 0 aromatic heterocycles. The number of urea groups is 1. The quantitative estimate of drug-likeness (QED) is 0.686. The van der Waals surface area contributed by atoms with Gasteiger partial charge in [0.25, 0.3) is 0 Å². The Bertz CT molecular complexity index is 459. The molecule has 3 N–H and O–H groups in total. The molecule has 1 aromatic carbocycles. The Morgan fingerprint density at radius 3 is 2.52 bits per heavy atom. The fraction of sp³-hybridized carbons (Fsp3) is 0.467. The molecule has 0 fully saturated rings. The Morgan fingerprint density at radius 2 is 1.95 bits per heavy atom. The summed E-state index contributed by atoms with van der Waals surface area (Å²) in [6.07, 6.45) is 0.579. The first-order chi connectivity index (χ1) is 10.0. The van der Waals surface area contributed by atoms with Crippen LogP contribution in [0, 0.1) is 0 Å². The number of aliphatic carboxylic acids is 1. The van der Waals surface area contributed by atoms with Crippen LogP contribution in [0.15, 0.2) is 24.3 Å². The standard InChI is InChI=1S/C15H22N2O4/c1-3-21-10-11(2)16-15(20)17-13-7-4-12(5-8-13)6-9-14(18)19/h4-5,7-8,11H,3,6,9-10H2,1-2H3,(H,18,19)(H2,16,17,20). The van der Waals surface area contributed by atoms with Crippen molar-refractivity contribution >= 4 is 17.7 Å². The van der Waals surface area contributed by atoms with Gasteiger partial charge in [0.2, 0.25) is 0 Å². The molecule has 6 heteroatoms. The number of amides is 2. The molecule has 2 amide bonds. The highest BCUT2D eigenvalue weighted by Gasteiger charge is 2.07. The largest absolute Gasteiger partial charge is 0.481 e. The van der Waals surface area contributed by atoms with Crippen LogP contribution in [0.4, 0.5) is 10.5 Å². The second kappa shape index (κ2) is 8.97. The fourth-order valence-corrected chi connectivity index (χ4v) is 1.73. The minimum absolute atomic E-state index is 0.0696. The van der Waals surface area contributed by atoms with Crippen LogP contribution < -0.4 is 10.6 Å². The van der Waals surface area contributed by atoms with Crippen LogP contribution in [-0.2, 0) is 16.0 Å². The van der Waals surface area contributed by atoms with E-state index in [9.17, 15) is 9.59 Å².